The molecule has 2 heterocycles. The van der Waals surface area contributed by atoms with Crippen molar-refractivity contribution in [3.63, 3.8) is 0 Å². The molecule has 0 spiro atoms. The summed E-state index contributed by atoms with van der Waals surface area (Å²) in [6.07, 6.45) is 3.56. The van der Waals surface area contributed by atoms with Gasteiger partial charge in [0.15, 0.2) is 0 Å². The molecule has 0 aliphatic rings. The molecule has 4 aromatic rings. The summed E-state index contributed by atoms with van der Waals surface area (Å²) >= 11 is 1.65. The molecule has 0 fully saturated rings. The lowest BCUT2D eigenvalue weighted by molar-refractivity contribution is 0.601. The van der Waals surface area contributed by atoms with Crippen molar-refractivity contribution < 1.29 is 8.42 Å². The lowest BCUT2D eigenvalue weighted by Crippen LogP contribution is -2.12. The molecule has 7 nitrogen and oxygen atoms in total. The molecule has 9 heteroatoms. The summed E-state index contributed by atoms with van der Waals surface area (Å²) in [4.78, 5) is 21.7. The molecule has 2 aromatic heterocycles. The van der Waals surface area contributed by atoms with Crippen molar-refractivity contribution in [3.05, 3.63) is 83.0 Å². The van der Waals surface area contributed by atoms with Crippen molar-refractivity contribution >= 4 is 38.5 Å². The number of hydrogen-bond donors (Lipinski definition) is 3. The maximum Gasteiger partial charge on any atom is 0.323 e. The molecule has 0 aliphatic carbocycles. The van der Waals surface area contributed by atoms with Crippen LogP contribution in [0.25, 0.3) is 11.0 Å². The number of nitrogens with zero attached hydrogens (tertiary/aromatic N) is 1. The monoisotopic (exact) mass is 412 g/mol. The fraction of sp³-hybridized carbons (Fsp3) is 0.0526. The van der Waals surface area contributed by atoms with Crippen LogP contribution in [-0.4, -0.2) is 23.4 Å². The Labute approximate surface area is 165 Å². The van der Waals surface area contributed by atoms with Crippen molar-refractivity contribution in [2.75, 3.05) is 4.72 Å². The van der Waals surface area contributed by atoms with Crippen LogP contribution >= 0.6 is 11.8 Å². The van der Waals surface area contributed by atoms with Gasteiger partial charge in [0.25, 0.3) is 10.0 Å². The highest BCUT2D eigenvalue weighted by molar-refractivity contribution is 7.98. The minimum Gasteiger partial charge on any atom is -0.306 e. The zero-order chi connectivity index (χ0) is 19.6. The van der Waals surface area contributed by atoms with Gasteiger partial charge in [-0.25, -0.2) is 13.2 Å². The van der Waals surface area contributed by atoms with Crippen LogP contribution in [0.1, 0.15) is 5.56 Å². The minimum absolute atomic E-state index is 0.0743. The van der Waals surface area contributed by atoms with Gasteiger partial charge >= 0.3 is 5.69 Å². The molecule has 0 saturated heterocycles. The summed E-state index contributed by atoms with van der Waals surface area (Å²) in [7, 11) is -3.76. The van der Waals surface area contributed by atoms with Crippen LogP contribution in [0.15, 0.2) is 81.6 Å². The maximum atomic E-state index is 12.6. The largest absolute Gasteiger partial charge is 0.323 e. The first kappa shape index (κ1) is 18.3. The standard InChI is InChI=1S/C19H16N4O3S2/c24-19-21-17-8-7-16(10-18(17)22-19)28(25,26)23-14-3-5-15(6-4-14)27-12-13-2-1-9-20-11-13/h1-11,23H,12H2,(H2,21,22,24). The number of imidazole rings is 1. The molecule has 28 heavy (non-hydrogen) atoms. The number of hydrogen-bond acceptors (Lipinski definition) is 5. The number of aromatic amines is 2. The van der Waals surface area contributed by atoms with Crippen molar-refractivity contribution in [3.8, 4) is 0 Å². The van der Waals surface area contributed by atoms with Gasteiger partial charge in [-0.3, -0.25) is 9.71 Å². The van der Waals surface area contributed by atoms with Crippen LogP contribution in [0.2, 0.25) is 0 Å². The summed E-state index contributed by atoms with van der Waals surface area (Å²) in [5.74, 6) is 0.786. The SMILES string of the molecule is O=c1[nH]c2ccc(S(=O)(=O)Nc3ccc(SCc4cccnc4)cc3)cc2[nH]1. The first-order valence-corrected chi connectivity index (χ1v) is 10.8. The van der Waals surface area contributed by atoms with Crippen molar-refractivity contribution in [1.29, 1.82) is 0 Å². The van der Waals surface area contributed by atoms with Crippen LogP contribution in [0, 0.1) is 0 Å². The van der Waals surface area contributed by atoms with Gasteiger partial charge in [-0.05, 0) is 54.1 Å². The summed E-state index contributed by atoms with van der Waals surface area (Å²) in [6, 6.07) is 15.5. The quantitative estimate of drug-likeness (QED) is 0.421. The van der Waals surface area contributed by atoms with Crippen LogP contribution < -0.4 is 10.4 Å². The van der Waals surface area contributed by atoms with Gasteiger partial charge in [-0.15, -0.1) is 11.8 Å². The zero-order valence-corrected chi connectivity index (χ0v) is 16.2. The Hall–Kier alpha value is -3.04. The maximum absolute atomic E-state index is 12.6. The van der Waals surface area contributed by atoms with E-state index in [0.717, 1.165) is 16.2 Å². The third kappa shape index (κ3) is 4.10. The summed E-state index contributed by atoms with van der Waals surface area (Å²) in [5, 5.41) is 0. The third-order valence-corrected chi connectivity index (χ3v) is 6.49. The highest BCUT2D eigenvalue weighted by Crippen LogP contribution is 2.25. The number of nitrogens with one attached hydrogen (secondary N) is 3. The van der Waals surface area contributed by atoms with Crippen LogP contribution in [0.4, 0.5) is 5.69 Å². The molecule has 0 saturated carbocycles. The van der Waals surface area contributed by atoms with Gasteiger partial charge in [-0.2, -0.15) is 0 Å². The fourth-order valence-electron chi connectivity index (χ4n) is 2.66. The number of rotatable bonds is 6. The minimum atomic E-state index is -3.76. The Bertz CT molecular complexity index is 1260. The topological polar surface area (TPSA) is 108 Å². The highest BCUT2D eigenvalue weighted by atomic mass is 32.2. The van der Waals surface area contributed by atoms with E-state index in [4.69, 9.17) is 0 Å². The molecule has 0 atom stereocenters. The summed E-state index contributed by atoms with van der Waals surface area (Å²) in [6.45, 7) is 0. The Morgan fingerprint density at radius 2 is 1.79 bits per heavy atom. The van der Waals surface area contributed by atoms with Crippen LogP contribution in [0.5, 0.6) is 0 Å². The highest BCUT2D eigenvalue weighted by Gasteiger charge is 2.15. The van der Waals surface area contributed by atoms with Gasteiger partial charge in [-0.1, -0.05) is 6.07 Å². The molecule has 2 aromatic carbocycles. The molecule has 0 radical (unpaired) electrons. The number of pyridine rings is 1. The van der Waals surface area contributed by atoms with E-state index in [1.54, 1.807) is 36.2 Å². The number of thioether (sulfide) groups is 1. The second kappa shape index (κ2) is 7.53. The number of sulfonamides is 1. The number of aromatic nitrogens is 3. The number of anilines is 1. The Balaban J connectivity index is 1.47. The second-order valence-electron chi connectivity index (χ2n) is 6.07. The molecule has 0 amide bonds. The van der Waals surface area contributed by atoms with E-state index < -0.39 is 10.0 Å². The van der Waals surface area contributed by atoms with Gasteiger partial charge in [0.05, 0.1) is 15.9 Å². The van der Waals surface area contributed by atoms with E-state index in [0.29, 0.717) is 16.7 Å². The van der Waals surface area contributed by atoms with E-state index in [-0.39, 0.29) is 10.6 Å². The predicted octanol–water partition coefficient (Wildman–Crippen LogP) is 3.34. The third-order valence-electron chi connectivity index (χ3n) is 4.03. The van der Waals surface area contributed by atoms with Crippen molar-refractivity contribution in [2.45, 2.75) is 15.5 Å². The van der Waals surface area contributed by atoms with Crippen molar-refractivity contribution in [2.24, 2.45) is 0 Å². The average molecular weight is 412 g/mol. The van der Waals surface area contributed by atoms with E-state index >= 15 is 0 Å². The molecule has 142 valence electrons. The number of fused-ring (bicyclic) bond motifs is 1. The van der Waals surface area contributed by atoms with Crippen LogP contribution in [-0.2, 0) is 15.8 Å². The average Bonchev–Trinajstić information content (AvgIpc) is 3.07. The van der Waals surface area contributed by atoms with E-state index in [1.165, 1.54) is 12.1 Å². The number of benzene rings is 2. The second-order valence-corrected chi connectivity index (χ2v) is 8.80. The first-order valence-electron chi connectivity index (χ1n) is 8.36. The smallest absolute Gasteiger partial charge is 0.306 e. The summed E-state index contributed by atoms with van der Waals surface area (Å²) < 4.78 is 27.8. The summed E-state index contributed by atoms with van der Waals surface area (Å²) in [5.41, 5.74) is 2.20. The molecule has 0 bridgehead atoms. The molecule has 4 rings (SSSR count). The van der Waals surface area contributed by atoms with E-state index in [2.05, 4.69) is 19.7 Å². The molecule has 3 N–H and O–H groups in total. The van der Waals surface area contributed by atoms with Gasteiger partial charge in [0.2, 0.25) is 0 Å². The van der Waals surface area contributed by atoms with Crippen molar-refractivity contribution in [1.82, 2.24) is 15.0 Å². The predicted molar refractivity (Wildman–Crippen MR) is 110 cm³/mol. The van der Waals surface area contributed by atoms with Crippen LogP contribution in [0.3, 0.4) is 0 Å². The zero-order valence-electron chi connectivity index (χ0n) is 14.5. The normalized spacial score (nSPS) is 11.6. The molecular formula is C19H16N4O3S2. The Morgan fingerprint density at radius 1 is 1.00 bits per heavy atom. The lowest BCUT2D eigenvalue weighted by Gasteiger charge is -2.09. The molecular weight excluding hydrogens is 396 g/mol. The van der Waals surface area contributed by atoms with E-state index in [9.17, 15) is 13.2 Å². The molecule has 0 unspecified atom stereocenters. The van der Waals surface area contributed by atoms with E-state index in [1.807, 2.05) is 30.5 Å². The van der Waals surface area contributed by atoms with Gasteiger partial charge in [0.1, 0.15) is 0 Å². The Kier molecular flexibility index (Phi) is 4.93. The lowest BCUT2D eigenvalue weighted by atomic mass is 10.3. The fourth-order valence-corrected chi connectivity index (χ4v) is 4.58. The van der Waals surface area contributed by atoms with Gasteiger partial charge in [0, 0.05) is 28.7 Å². The Morgan fingerprint density at radius 3 is 2.54 bits per heavy atom. The number of H-pyrrole nitrogens is 2. The van der Waals surface area contributed by atoms with Gasteiger partial charge < -0.3 is 9.97 Å². The molecule has 0 aliphatic heterocycles. The first-order chi connectivity index (χ1) is 13.5.